The van der Waals surface area contributed by atoms with Crippen LogP contribution in [0.15, 0.2) is 18.2 Å². The minimum absolute atomic E-state index is 0.0943. The molecule has 1 saturated heterocycles. The number of nitrogens with one attached hydrogen (secondary N) is 1. The zero-order chi connectivity index (χ0) is 13.1. The van der Waals surface area contributed by atoms with Gasteiger partial charge in [0.15, 0.2) is 0 Å². The molecule has 1 aliphatic heterocycles. The molecule has 1 atom stereocenters. The van der Waals surface area contributed by atoms with Crippen molar-refractivity contribution in [3.05, 3.63) is 33.8 Å². The molecule has 0 spiro atoms. The van der Waals surface area contributed by atoms with Crippen molar-refractivity contribution >= 4 is 29.1 Å². The van der Waals surface area contributed by atoms with Gasteiger partial charge in [-0.1, -0.05) is 23.2 Å². The van der Waals surface area contributed by atoms with Crippen LogP contribution in [0.5, 0.6) is 0 Å². The highest BCUT2D eigenvalue weighted by Gasteiger charge is 2.20. The largest absolute Gasteiger partial charge is 0.352 e. The van der Waals surface area contributed by atoms with Gasteiger partial charge in [-0.3, -0.25) is 4.79 Å². The van der Waals surface area contributed by atoms with Crippen LogP contribution in [0.2, 0.25) is 10.0 Å². The minimum Gasteiger partial charge on any atom is -0.352 e. The van der Waals surface area contributed by atoms with Crippen molar-refractivity contribution in [1.82, 2.24) is 10.2 Å². The summed E-state index contributed by atoms with van der Waals surface area (Å²) >= 11 is 11.7. The van der Waals surface area contributed by atoms with Gasteiger partial charge in [0, 0.05) is 18.7 Å². The third kappa shape index (κ3) is 3.37. The molecule has 5 heteroatoms. The van der Waals surface area contributed by atoms with E-state index in [-0.39, 0.29) is 5.91 Å². The molecule has 0 saturated carbocycles. The third-order valence-electron chi connectivity index (χ3n) is 3.22. The van der Waals surface area contributed by atoms with Gasteiger partial charge in [0.1, 0.15) is 0 Å². The third-order valence-corrected chi connectivity index (χ3v) is 3.96. The molecular formula is C13H16Cl2N2O. The van der Waals surface area contributed by atoms with Crippen LogP contribution in [0.4, 0.5) is 0 Å². The predicted octanol–water partition coefficient (Wildman–Crippen LogP) is 2.67. The van der Waals surface area contributed by atoms with Crippen molar-refractivity contribution in [2.75, 3.05) is 26.7 Å². The first-order chi connectivity index (χ1) is 8.56. The summed E-state index contributed by atoms with van der Waals surface area (Å²) in [5.41, 5.74) is 0.552. The summed E-state index contributed by atoms with van der Waals surface area (Å²) in [7, 11) is 2.10. The van der Waals surface area contributed by atoms with E-state index in [1.54, 1.807) is 18.2 Å². The normalized spacial score (nSPS) is 20.1. The average molecular weight is 287 g/mol. The van der Waals surface area contributed by atoms with E-state index in [1.807, 2.05) is 0 Å². The molecule has 98 valence electrons. The molecule has 0 aliphatic carbocycles. The second kappa shape index (κ2) is 5.91. The van der Waals surface area contributed by atoms with E-state index < -0.39 is 0 Å². The van der Waals surface area contributed by atoms with E-state index in [0.29, 0.717) is 28.1 Å². The molecule has 1 aromatic rings. The Morgan fingerprint density at radius 2 is 2.22 bits per heavy atom. The van der Waals surface area contributed by atoms with Crippen molar-refractivity contribution in [3.63, 3.8) is 0 Å². The van der Waals surface area contributed by atoms with E-state index in [9.17, 15) is 4.79 Å². The number of amides is 1. The van der Waals surface area contributed by atoms with Crippen molar-refractivity contribution in [2.24, 2.45) is 5.92 Å². The average Bonchev–Trinajstić information content (AvgIpc) is 2.75. The molecule has 0 radical (unpaired) electrons. The Morgan fingerprint density at radius 3 is 2.83 bits per heavy atom. The van der Waals surface area contributed by atoms with Crippen LogP contribution < -0.4 is 5.32 Å². The Bertz CT molecular complexity index is 451. The topological polar surface area (TPSA) is 32.3 Å². The Hall–Kier alpha value is -0.770. The first-order valence-electron chi connectivity index (χ1n) is 5.98. The fraction of sp³-hybridized carbons (Fsp3) is 0.462. The molecule has 1 heterocycles. The fourth-order valence-electron chi connectivity index (χ4n) is 2.17. The number of carbonyl (C=O) groups excluding carboxylic acids is 1. The fourth-order valence-corrected chi connectivity index (χ4v) is 2.47. The van der Waals surface area contributed by atoms with E-state index >= 15 is 0 Å². The van der Waals surface area contributed by atoms with Gasteiger partial charge in [0.2, 0.25) is 0 Å². The summed E-state index contributed by atoms with van der Waals surface area (Å²) in [5.74, 6) is 0.449. The number of hydrogen-bond donors (Lipinski definition) is 1. The zero-order valence-corrected chi connectivity index (χ0v) is 11.8. The van der Waals surface area contributed by atoms with Crippen LogP contribution >= 0.6 is 23.2 Å². The second-order valence-electron chi connectivity index (χ2n) is 4.76. The van der Waals surface area contributed by atoms with Crippen molar-refractivity contribution in [2.45, 2.75) is 6.42 Å². The molecule has 1 unspecified atom stereocenters. The number of halogens is 2. The van der Waals surface area contributed by atoms with E-state index in [1.165, 1.54) is 0 Å². The van der Waals surface area contributed by atoms with Gasteiger partial charge in [-0.15, -0.1) is 0 Å². The van der Waals surface area contributed by atoms with Gasteiger partial charge < -0.3 is 10.2 Å². The molecule has 2 rings (SSSR count). The van der Waals surface area contributed by atoms with Gasteiger partial charge >= 0.3 is 0 Å². The SMILES string of the molecule is CN1CCC(CNC(=O)c2ccc(Cl)c(Cl)c2)C1. The standard InChI is InChI=1S/C13H16Cl2N2O/c1-17-5-4-9(8-17)7-16-13(18)10-2-3-11(14)12(15)6-10/h2-3,6,9H,4-5,7-8H2,1H3,(H,16,18). The number of carbonyl (C=O) groups is 1. The van der Waals surface area contributed by atoms with Crippen LogP contribution in [-0.4, -0.2) is 37.5 Å². The molecule has 1 amide bonds. The Labute approximate surface area is 117 Å². The molecule has 1 N–H and O–H groups in total. The Balaban J connectivity index is 1.89. The van der Waals surface area contributed by atoms with Crippen LogP contribution in [0, 0.1) is 5.92 Å². The summed E-state index contributed by atoms with van der Waals surface area (Å²) in [6, 6.07) is 4.92. The first-order valence-corrected chi connectivity index (χ1v) is 6.73. The van der Waals surface area contributed by atoms with E-state index in [2.05, 4.69) is 17.3 Å². The summed E-state index contributed by atoms with van der Waals surface area (Å²) in [4.78, 5) is 14.2. The maximum atomic E-state index is 11.9. The lowest BCUT2D eigenvalue weighted by Crippen LogP contribution is -2.30. The smallest absolute Gasteiger partial charge is 0.251 e. The number of likely N-dealkylation sites (tertiary alicyclic amines) is 1. The maximum Gasteiger partial charge on any atom is 0.251 e. The number of benzene rings is 1. The van der Waals surface area contributed by atoms with Gasteiger partial charge in [0.25, 0.3) is 5.91 Å². The van der Waals surface area contributed by atoms with Gasteiger partial charge in [0.05, 0.1) is 10.0 Å². The van der Waals surface area contributed by atoms with Crippen molar-refractivity contribution < 1.29 is 4.79 Å². The lowest BCUT2D eigenvalue weighted by Gasteiger charge is -2.12. The molecule has 0 aromatic heterocycles. The Morgan fingerprint density at radius 1 is 1.44 bits per heavy atom. The summed E-state index contributed by atoms with van der Waals surface area (Å²) < 4.78 is 0. The highest BCUT2D eigenvalue weighted by Crippen LogP contribution is 2.22. The molecule has 1 aliphatic rings. The second-order valence-corrected chi connectivity index (χ2v) is 5.57. The summed E-state index contributed by atoms with van der Waals surface area (Å²) in [6.07, 6.45) is 1.14. The molecule has 3 nitrogen and oxygen atoms in total. The molecule has 1 aromatic carbocycles. The van der Waals surface area contributed by atoms with Crippen LogP contribution in [0.25, 0.3) is 0 Å². The van der Waals surface area contributed by atoms with E-state index in [4.69, 9.17) is 23.2 Å². The number of hydrogen-bond acceptors (Lipinski definition) is 2. The van der Waals surface area contributed by atoms with Crippen molar-refractivity contribution in [1.29, 1.82) is 0 Å². The highest BCUT2D eigenvalue weighted by atomic mass is 35.5. The molecule has 1 fully saturated rings. The quantitative estimate of drug-likeness (QED) is 0.927. The molecular weight excluding hydrogens is 271 g/mol. The van der Waals surface area contributed by atoms with Gasteiger partial charge in [-0.2, -0.15) is 0 Å². The lowest BCUT2D eigenvalue weighted by molar-refractivity contribution is 0.0947. The summed E-state index contributed by atoms with van der Waals surface area (Å²) in [6.45, 7) is 2.86. The predicted molar refractivity (Wildman–Crippen MR) is 74.4 cm³/mol. The Kier molecular flexibility index (Phi) is 4.49. The molecule has 0 bridgehead atoms. The maximum absolute atomic E-state index is 11.9. The lowest BCUT2D eigenvalue weighted by atomic mass is 10.1. The van der Waals surface area contributed by atoms with Crippen LogP contribution in [0.3, 0.4) is 0 Å². The highest BCUT2D eigenvalue weighted by molar-refractivity contribution is 6.42. The number of rotatable bonds is 3. The number of nitrogens with zero attached hydrogens (tertiary/aromatic N) is 1. The first kappa shape index (κ1) is 13.7. The van der Waals surface area contributed by atoms with Crippen LogP contribution in [0.1, 0.15) is 16.8 Å². The summed E-state index contributed by atoms with van der Waals surface area (Å²) in [5, 5.41) is 3.81. The van der Waals surface area contributed by atoms with Crippen LogP contribution in [-0.2, 0) is 0 Å². The van der Waals surface area contributed by atoms with E-state index in [0.717, 1.165) is 19.5 Å². The van der Waals surface area contributed by atoms with Gasteiger partial charge in [-0.05, 0) is 44.1 Å². The van der Waals surface area contributed by atoms with Gasteiger partial charge in [-0.25, -0.2) is 0 Å². The molecule has 18 heavy (non-hydrogen) atoms. The van der Waals surface area contributed by atoms with Crippen molar-refractivity contribution in [3.8, 4) is 0 Å². The zero-order valence-electron chi connectivity index (χ0n) is 10.2. The monoisotopic (exact) mass is 286 g/mol. The minimum atomic E-state index is -0.0943.